The molecule has 1 aromatic carbocycles. The largest absolute Gasteiger partial charge is 0.459 e. The summed E-state index contributed by atoms with van der Waals surface area (Å²) < 4.78 is 37.0. The molecule has 0 amide bonds. The lowest BCUT2D eigenvalue weighted by molar-refractivity contribution is 0.404. The molecule has 3 aromatic rings. The zero-order valence-electron chi connectivity index (χ0n) is 15.0. The highest BCUT2D eigenvalue weighted by Gasteiger charge is 2.29. The lowest BCUT2D eigenvalue weighted by Gasteiger charge is -2.10. The number of hydrogen-bond acceptors (Lipinski definition) is 7. The summed E-state index contributed by atoms with van der Waals surface area (Å²) in [6.07, 6.45) is 2.28. The maximum absolute atomic E-state index is 13.0. The van der Waals surface area contributed by atoms with E-state index >= 15 is 0 Å². The fraction of sp³-hybridized carbons (Fsp3) is 0.278. The van der Waals surface area contributed by atoms with Crippen molar-refractivity contribution in [2.24, 2.45) is 0 Å². The molecular weight excluding hydrogens is 390 g/mol. The van der Waals surface area contributed by atoms with Crippen LogP contribution < -0.4 is 5.32 Å². The Balaban J connectivity index is 1.95. The molecule has 0 saturated carbocycles. The van der Waals surface area contributed by atoms with E-state index in [0.717, 1.165) is 13.0 Å². The van der Waals surface area contributed by atoms with Gasteiger partial charge in [-0.25, -0.2) is 8.42 Å². The number of furan rings is 1. The van der Waals surface area contributed by atoms with Crippen LogP contribution >= 0.6 is 11.6 Å². The molecule has 2 heterocycles. The maximum Gasteiger partial charge on any atom is 0.266 e. The van der Waals surface area contributed by atoms with Crippen molar-refractivity contribution in [1.82, 2.24) is 9.88 Å². The van der Waals surface area contributed by atoms with Crippen LogP contribution in [0.25, 0.3) is 11.7 Å². The first kappa shape index (κ1) is 19.5. The summed E-state index contributed by atoms with van der Waals surface area (Å²) in [6, 6.07) is 9.25. The van der Waals surface area contributed by atoms with Crippen LogP contribution in [0.3, 0.4) is 0 Å². The van der Waals surface area contributed by atoms with Gasteiger partial charge in [-0.3, -0.25) is 0 Å². The van der Waals surface area contributed by atoms with Crippen molar-refractivity contribution in [1.29, 1.82) is 0 Å². The molecule has 0 saturated heterocycles. The van der Waals surface area contributed by atoms with Crippen LogP contribution in [0.5, 0.6) is 0 Å². The van der Waals surface area contributed by atoms with Gasteiger partial charge in [-0.1, -0.05) is 11.6 Å². The Kier molecular flexibility index (Phi) is 5.88. The lowest BCUT2D eigenvalue weighted by Crippen LogP contribution is -2.17. The fourth-order valence-electron chi connectivity index (χ4n) is 2.43. The molecule has 0 atom stereocenters. The molecule has 0 unspecified atom stereocenters. The second-order valence-corrected chi connectivity index (χ2v) is 8.47. The van der Waals surface area contributed by atoms with E-state index in [2.05, 4.69) is 10.3 Å². The zero-order chi connectivity index (χ0) is 19.4. The molecule has 0 aliphatic rings. The Hall–Kier alpha value is -2.29. The second kappa shape index (κ2) is 8.16. The smallest absolute Gasteiger partial charge is 0.266 e. The molecule has 0 aliphatic heterocycles. The van der Waals surface area contributed by atoms with Gasteiger partial charge in [0.05, 0.1) is 11.2 Å². The van der Waals surface area contributed by atoms with E-state index in [0.29, 0.717) is 17.3 Å². The first-order chi connectivity index (χ1) is 12.9. The average molecular weight is 410 g/mol. The van der Waals surface area contributed by atoms with Gasteiger partial charge in [-0.05, 0) is 63.5 Å². The van der Waals surface area contributed by atoms with E-state index in [-0.39, 0.29) is 21.7 Å². The summed E-state index contributed by atoms with van der Waals surface area (Å²) >= 11 is 5.86. The van der Waals surface area contributed by atoms with E-state index in [9.17, 15) is 8.42 Å². The van der Waals surface area contributed by atoms with Gasteiger partial charge in [0.25, 0.3) is 5.89 Å². The topological polar surface area (TPSA) is 88.6 Å². The third-order valence-electron chi connectivity index (χ3n) is 3.77. The van der Waals surface area contributed by atoms with Crippen LogP contribution in [0.15, 0.2) is 61.4 Å². The molecule has 0 fully saturated rings. The highest BCUT2D eigenvalue weighted by atomic mass is 35.5. The number of oxazole rings is 1. The van der Waals surface area contributed by atoms with Crippen molar-refractivity contribution in [3.05, 3.63) is 47.7 Å². The Labute approximate surface area is 162 Å². The number of nitrogens with one attached hydrogen (secondary N) is 1. The molecule has 9 heteroatoms. The Morgan fingerprint density at radius 2 is 1.93 bits per heavy atom. The van der Waals surface area contributed by atoms with Crippen molar-refractivity contribution in [2.45, 2.75) is 16.3 Å². The van der Waals surface area contributed by atoms with Crippen molar-refractivity contribution in [3.63, 3.8) is 0 Å². The predicted octanol–water partition coefficient (Wildman–Crippen LogP) is 3.78. The van der Waals surface area contributed by atoms with Crippen LogP contribution in [0, 0.1) is 0 Å². The van der Waals surface area contributed by atoms with Gasteiger partial charge in [0.1, 0.15) is 0 Å². The normalized spacial score (nSPS) is 11.9. The highest BCUT2D eigenvalue weighted by molar-refractivity contribution is 7.91. The lowest BCUT2D eigenvalue weighted by atomic mass is 10.4. The Morgan fingerprint density at radius 1 is 1.19 bits per heavy atom. The predicted molar refractivity (Wildman–Crippen MR) is 103 cm³/mol. The molecule has 0 radical (unpaired) electrons. The molecular formula is C18H20ClN3O4S. The van der Waals surface area contributed by atoms with E-state index in [1.54, 1.807) is 12.1 Å². The minimum atomic E-state index is -3.89. The third kappa shape index (κ3) is 4.52. The minimum absolute atomic E-state index is 0.0857. The molecule has 2 aromatic heterocycles. The van der Waals surface area contributed by atoms with Gasteiger partial charge < -0.3 is 19.1 Å². The Morgan fingerprint density at radius 3 is 2.56 bits per heavy atom. The van der Waals surface area contributed by atoms with Crippen LogP contribution in [0.1, 0.15) is 6.42 Å². The molecule has 0 spiro atoms. The van der Waals surface area contributed by atoms with Gasteiger partial charge >= 0.3 is 0 Å². The number of hydrogen-bond donors (Lipinski definition) is 1. The second-order valence-electron chi connectivity index (χ2n) is 6.17. The van der Waals surface area contributed by atoms with Crippen molar-refractivity contribution < 1.29 is 17.3 Å². The van der Waals surface area contributed by atoms with Gasteiger partial charge in [-0.2, -0.15) is 4.98 Å². The van der Waals surface area contributed by atoms with Crippen LogP contribution in [-0.2, 0) is 9.84 Å². The SMILES string of the molecule is CN(C)CCCNc1oc(-c2ccco2)nc1S(=O)(=O)c1ccc(Cl)cc1. The molecule has 27 heavy (non-hydrogen) atoms. The number of anilines is 1. The number of sulfone groups is 1. The molecule has 144 valence electrons. The van der Waals surface area contributed by atoms with E-state index in [1.807, 2.05) is 19.0 Å². The average Bonchev–Trinajstić information content (AvgIpc) is 3.28. The summed E-state index contributed by atoms with van der Waals surface area (Å²) in [6.45, 7) is 1.39. The highest BCUT2D eigenvalue weighted by Crippen LogP contribution is 2.32. The number of aromatic nitrogens is 1. The molecule has 7 nitrogen and oxygen atoms in total. The van der Waals surface area contributed by atoms with Crippen LogP contribution in [-0.4, -0.2) is 45.5 Å². The first-order valence-corrected chi connectivity index (χ1v) is 10.2. The van der Waals surface area contributed by atoms with Crippen LogP contribution in [0.4, 0.5) is 5.88 Å². The van der Waals surface area contributed by atoms with Crippen molar-refractivity contribution in [3.8, 4) is 11.7 Å². The molecule has 0 bridgehead atoms. The fourth-order valence-corrected chi connectivity index (χ4v) is 3.83. The van der Waals surface area contributed by atoms with Crippen molar-refractivity contribution in [2.75, 3.05) is 32.5 Å². The van der Waals surface area contributed by atoms with Crippen LogP contribution in [0.2, 0.25) is 5.02 Å². The minimum Gasteiger partial charge on any atom is -0.459 e. The third-order valence-corrected chi connectivity index (χ3v) is 5.70. The summed E-state index contributed by atoms with van der Waals surface area (Å²) in [4.78, 5) is 6.31. The quantitative estimate of drug-likeness (QED) is 0.566. The summed E-state index contributed by atoms with van der Waals surface area (Å²) in [5.41, 5.74) is 0. The van der Waals surface area contributed by atoms with Gasteiger partial charge in [0, 0.05) is 11.6 Å². The summed E-state index contributed by atoms with van der Waals surface area (Å²) in [7, 11) is 0.0560. The first-order valence-electron chi connectivity index (χ1n) is 8.32. The number of halogens is 1. The number of rotatable bonds is 8. The molecule has 3 rings (SSSR count). The number of benzene rings is 1. The molecule has 1 N–H and O–H groups in total. The standard InChI is InChI=1S/C18H20ClN3O4S/c1-22(2)11-4-10-20-17-18(21-16(26-17)15-5-3-12-25-15)27(23,24)14-8-6-13(19)7-9-14/h3,5-9,12,20H,4,10-11H2,1-2H3. The number of nitrogens with zero attached hydrogens (tertiary/aromatic N) is 2. The zero-order valence-corrected chi connectivity index (χ0v) is 16.5. The van der Waals surface area contributed by atoms with Gasteiger partial charge in [0.2, 0.25) is 20.7 Å². The Bertz CT molecular complexity index is 980. The summed E-state index contributed by atoms with van der Waals surface area (Å²) in [5.74, 6) is 0.543. The molecule has 0 aliphatic carbocycles. The van der Waals surface area contributed by atoms with Gasteiger partial charge in [-0.15, -0.1) is 0 Å². The van der Waals surface area contributed by atoms with E-state index in [1.165, 1.54) is 30.5 Å². The van der Waals surface area contributed by atoms with E-state index in [4.69, 9.17) is 20.4 Å². The maximum atomic E-state index is 13.0. The monoisotopic (exact) mass is 409 g/mol. The van der Waals surface area contributed by atoms with Gasteiger partial charge in [0.15, 0.2) is 5.76 Å². The summed E-state index contributed by atoms with van der Waals surface area (Å²) in [5, 5.41) is 3.31. The van der Waals surface area contributed by atoms with Crippen molar-refractivity contribution >= 4 is 27.3 Å². The van der Waals surface area contributed by atoms with E-state index < -0.39 is 9.84 Å².